The van der Waals surface area contributed by atoms with Crippen LogP contribution in [0.3, 0.4) is 0 Å². The van der Waals surface area contributed by atoms with Crippen LogP contribution in [0.4, 0.5) is 4.79 Å². The number of nitrogens with zero attached hydrogens (tertiary/aromatic N) is 3. The van der Waals surface area contributed by atoms with E-state index in [1.54, 1.807) is 11.6 Å². The van der Waals surface area contributed by atoms with E-state index >= 15 is 0 Å². The van der Waals surface area contributed by atoms with Gasteiger partial charge in [0.1, 0.15) is 0 Å². The van der Waals surface area contributed by atoms with Gasteiger partial charge < -0.3 is 21.2 Å². The lowest BCUT2D eigenvalue weighted by Crippen LogP contribution is -2.46. The monoisotopic (exact) mass is 456 g/mol. The summed E-state index contributed by atoms with van der Waals surface area (Å²) < 4.78 is 6.85. The van der Waals surface area contributed by atoms with Crippen molar-refractivity contribution in [3.63, 3.8) is 0 Å². The molecule has 10 heteroatoms. The fourth-order valence-electron chi connectivity index (χ4n) is 4.24. The van der Waals surface area contributed by atoms with Gasteiger partial charge in [-0.3, -0.25) is 0 Å². The van der Waals surface area contributed by atoms with Crippen LogP contribution >= 0.6 is 11.8 Å². The van der Waals surface area contributed by atoms with E-state index < -0.39 is 12.0 Å². The van der Waals surface area contributed by atoms with Crippen molar-refractivity contribution < 1.29 is 14.3 Å². The molecule has 4 N–H and O–H groups in total. The number of hydrogen-bond donors (Lipinski definition) is 3. The zero-order chi connectivity index (χ0) is 22.5. The average molecular weight is 457 g/mol. The third-order valence-electron chi connectivity index (χ3n) is 5.79. The SMILES string of the molecule is CCOC(=O)C1=C(CSc2nnc(C3CCCCC3)n2N)NC(=O)NC1c1ccccc1. The number of hydrogen-bond acceptors (Lipinski definition) is 7. The molecule has 0 spiro atoms. The molecule has 1 aliphatic carbocycles. The van der Waals surface area contributed by atoms with E-state index in [1.165, 1.54) is 31.0 Å². The van der Waals surface area contributed by atoms with Crippen molar-refractivity contribution in [2.24, 2.45) is 0 Å². The first-order valence-corrected chi connectivity index (χ1v) is 11.9. The predicted octanol–water partition coefficient (Wildman–Crippen LogP) is 3.00. The van der Waals surface area contributed by atoms with Crippen LogP contribution in [0.2, 0.25) is 0 Å². The second-order valence-corrected chi connectivity index (χ2v) is 8.83. The molecular formula is C22H28N6O3S. The first-order chi connectivity index (χ1) is 15.6. The van der Waals surface area contributed by atoms with Crippen molar-refractivity contribution in [2.45, 2.75) is 56.1 Å². The van der Waals surface area contributed by atoms with Gasteiger partial charge in [0.15, 0.2) is 5.82 Å². The van der Waals surface area contributed by atoms with Crippen LogP contribution in [-0.2, 0) is 9.53 Å². The molecule has 1 unspecified atom stereocenters. The number of urea groups is 1. The molecule has 1 saturated carbocycles. The summed E-state index contributed by atoms with van der Waals surface area (Å²) in [6.07, 6.45) is 5.74. The summed E-state index contributed by atoms with van der Waals surface area (Å²) in [5, 5.41) is 14.7. The van der Waals surface area contributed by atoms with Gasteiger partial charge in [-0.25, -0.2) is 14.3 Å². The number of nitrogens with one attached hydrogen (secondary N) is 2. The number of carbonyl (C=O) groups excluding carboxylic acids is 2. The Kier molecular flexibility index (Phi) is 6.99. The largest absolute Gasteiger partial charge is 0.463 e. The second kappa shape index (κ2) is 10.1. The topological polar surface area (TPSA) is 124 Å². The Morgan fingerprint density at radius 2 is 1.97 bits per heavy atom. The van der Waals surface area contributed by atoms with Crippen molar-refractivity contribution in [1.82, 2.24) is 25.5 Å². The molecule has 2 aromatic rings. The standard InChI is InChI=1S/C22H28N6O3S/c1-2-31-20(29)17-16(24-21(30)25-18(17)14-9-5-3-6-10-14)13-32-22-27-26-19(28(22)23)15-11-7-4-8-12-15/h3,5-6,9-10,15,18H,2,4,7-8,11-13,23H2,1H3,(H2,24,25,30). The van der Waals surface area contributed by atoms with Gasteiger partial charge in [-0.15, -0.1) is 10.2 Å². The van der Waals surface area contributed by atoms with Crippen molar-refractivity contribution in [1.29, 1.82) is 0 Å². The van der Waals surface area contributed by atoms with Gasteiger partial charge in [0.25, 0.3) is 0 Å². The maximum atomic E-state index is 12.8. The van der Waals surface area contributed by atoms with E-state index in [1.807, 2.05) is 30.3 Å². The van der Waals surface area contributed by atoms with Gasteiger partial charge in [0, 0.05) is 17.4 Å². The molecule has 2 amide bonds. The third kappa shape index (κ3) is 4.74. The highest BCUT2D eigenvalue weighted by Crippen LogP contribution is 2.33. The summed E-state index contributed by atoms with van der Waals surface area (Å²) in [5.41, 5.74) is 1.66. The van der Waals surface area contributed by atoms with E-state index in [0.29, 0.717) is 28.1 Å². The van der Waals surface area contributed by atoms with Gasteiger partial charge in [-0.05, 0) is 25.3 Å². The minimum Gasteiger partial charge on any atom is -0.463 e. The predicted molar refractivity (Wildman–Crippen MR) is 121 cm³/mol. The highest BCUT2D eigenvalue weighted by Gasteiger charge is 2.34. The highest BCUT2D eigenvalue weighted by molar-refractivity contribution is 7.99. The number of benzene rings is 1. The number of amides is 2. The summed E-state index contributed by atoms with van der Waals surface area (Å²) >= 11 is 1.33. The van der Waals surface area contributed by atoms with Gasteiger partial charge in [0.2, 0.25) is 5.16 Å². The molecule has 170 valence electrons. The van der Waals surface area contributed by atoms with Gasteiger partial charge in [0.05, 0.1) is 18.2 Å². The number of nitrogens with two attached hydrogens (primary N) is 1. The third-order valence-corrected chi connectivity index (χ3v) is 6.76. The van der Waals surface area contributed by atoms with Crippen LogP contribution in [0.5, 0.6) is 0 Å². The van der Waals surface area contributed by atoms with Crippen LogP contribution in [0.15, 0.2) is 46.8 Å². The van der Waals surface area contributed by atoms with Crippen LogP contribution in [0.1, 0.15) is 62.4 Å². The Bertz CT molecular complexity index is 1000. The molecule has 0 saturated heterocycles. The molecule has 9 nitrogen and oxygen atoms in total. The van der Waals surface area contributed by atoms with Gasteiger partial charge in [-0.2, -0.15) is 0 Å². The molecule has 1 aromatic carbocycles. The first-order valence-electron chi connectivity index (χ1n) is 10.9. The summed E-state index contributed by atoms with van der Waals surface area (Å²) in [6.45, 7) is 1.99. The fraction of sp³-hybridized carbons (Fsp3) is 0.455. The normalized spacial score (nSPS) is 19.4. The van der Waals surface area contributed by atoms with Crippen LogP contribution in [0, 0.1) is 0 Å². The maximum absolute atomic E-state index is 12.8. The Morgan fingerprint density at radius 1 is 1.22 bits per heavy atom. The average Bonchev–Trinajstić information content (AvgIpc) is 3.18. The van der Waals surface area contributed by atoms with E-state index in [9.17, 15) is 9.59 Å². The van der Waals surface area contributed by atoms with E-state index in [0.717, 1.165) is 24.2 Å². The molecular weight excluding hydrogens is 428 g/mol. The lowest BCUT2D eigenvalue weighted by Gasteiger charge is -2.29. The fourth-order valence-corrected chi connectivity index (χ4v) is 5.07. The number of aromatic nitrogens is 3. The molecule has 2 heterocycles. The van der Waals surface area contributed by atoms with E-state index in [2.05, 4.69) is 20.8 Å². The van der Waals surface area contributed by atoms with Gasteiger partial charge >= 0.3 is 12.0 Å². The minimum atomic E-state index is -0.604. The molecule has 1 fully saturated rings. The van der Waals surface area contributed by atoms with E-state index in [4.69, 9.17) is 10.6 Å². The first kappa shape index (κ1) is 22.2. The summed E-state index contributed by atoms with van der Waals surface area (Å²) in [6, 6.07) is 8.37. The van der Waals surface area contributed by atoms with Crippen molar-refractivity contribution >= 4 is 23.8 Å². The number of thioether (sulfide) groups is 1. The molecule has 32 heavy (non-hydrogen) atoms. The minimum absolute atomic E-state index is 0.236. The number of rotatable bonds is 7. The van der Waals surface area contributed by atoms with Crippen molar-refractivity contribution in [3.05, 3.63) is 53.0 Å². The summed E-state index contributed by atoms with van der Waals surface area (Å²) in [5.74, 6) is 7.25. The molecule has 1 aliphatic heterocycles. The zero-order valence-electron chi connectivity index (χ0n) is 18.0. The Labute approximate surface area is 191 Å². The molecule has 0 radical (unpaired) electrons. The maximum Gasteiger partial charge on any atom is 0.338 e. The van der Waals surface area contributed by atoms with Gasteiger partial charge in [-0.1, -0.05) is 61.4 Å². The quantitative estimate of drug-likeness (QED) is 0.332. The zero-order valence-corrected chi connectivity index (χ0v) is 18.9. The number of esters is 1. The second-order valence-electron chi connectivity index (χ2n) is 7.89. The number of ether oxygens (including phenoxy) is 1. The Balaban J connectivity index is 1.60. The highest BCUT2D eigenvalue weighted by atomic mass is 32.2. The summed E-state index contributed by atoms with van der Waals surface area (Å²) in [4.78, 5) is 25.2. The number of carbonyl (C=O) groups is 2. The molecule has 1 aromatic heterocycles. The Hall–Kier alpha value is -3.01. The Morgan fingerprint density at radius 3 is 2.69 bits per heavy atom. The van der Waals surface area contributed by atoms with E-state index in [-0.39, 0.29) is 12.6 Å². The number of nitrogen functional groups attached to an aromatic ring is 1. The van der Waals surface area contributed by atoms with Crippen LogP contribution in [0.25, 0.3) is 0 Å². The van der Waals surface area contributed by atoms with Crippen LogP contribution < -0.4 is 16.5 Å². The van der Waals surface area contributed by atoms with Crippen LogP contribution in [-0.4, -0.2) is 39.2 Å². The molecule has 1 atom stereocenters. The molecule has 0 bridgehead atoms. The smallest absolute Gasteiger partial charge is 0.338 e. The molecule has 4 rings (SSSR count). The lowest BCUT2D eigenvalue weighted by atomic mass is 9.89. The summed E-state index contributed by atoms with van der Waals surface area (Å²) in [7, 11) is 0. The van der Waals surface area contributed by atoms with Crippen molar-refractivity contribution in [3.8, 4) is 0 Å². The molecule has 2 aliphatic rings. The lowest BCUT2D eigenvalue weighted by molar-refractivity contribution is -0.139. The van der Waals surface area contributed by atoms with Crippen molar-refractivity contribution in [2.75, 3.05) is 18.2 Å².